The number of carbonyl (C=O) groups is 2. The molecule has 0 amide bonds. The van der Waals surface area contributed by atoms with E-state index in [1.165, 1.54) is 0 Å². The van der Waals surface area contributed by atoms with E-state index < -0.39 is 5.92 Å². The number of ether oxygens (including phenoxy) is 2. The number of Topliss-reactive ketones (excluding diaryl/α,β-unsaturated/α-hetero) is 1. The molecule has 0 saturated heterocycles. The van der Waals surface area contributed by atoms with Gasteiger partial charge in [-0.25, -0.2) is 4.79 Å². The molecule has 0 bridgehead atoms. The first-order valence-electron chi connectivity index (χ1n) is 12.3. The van der Waals surface area contributed by atoms with Crippen molar-refractivity contribution in [3.63, 3.8) is 0 Å². The van der Waals surface area contributed by atoms with Gasteiger partial charge in [0, 0.05) is 35.2 Å². The Kier molecular flexibility index (Phi) is 6.37. The molecule has 182 valence electrons. The van der Waals surface area contributed by atoms with Crippen LogP contribution in [0.15, 0.2) is 71.1 Å². The highest BCUT2D eigenvalue weighted by Gasteiger charge is 2.42. The molecule has 1 saturated carbocycles. The van der Waals surface area contributed by atoms with Gasteiger partial charge in [-0.05, 0) is 68.4 Å². The van der Waals surface area contributed by atoms with Crippen molar-refractivity contribution in [1.29, 1.82) is 0 Å². The molecule has 1 fully saturated rings. The number of dihydropyridines is 1. The number of allylic oxidation sites excluding steroid dienone is 3. The van der Waals surface area contributed by atoms with E-state index in [9.17, 15) is 14.7 Å². The number of carbonyl (C=O) groups excluding carboxylic acids is 2. The first-order valence-corrected chi connectivity index (χ1v) is 12.3. The van der Waals surface area contributed by atoms with E-state index in [1.54, 1.807) is 31.4 Å². The second-order valence-corrected chi connectivity index (χ2v) is 9.66. The van der Waals surface area contributed by atoms with Crippen molar-refractivity contribution in [2.45, 2.75) is 63.4 Å². The van der Waals surface area contributed by atoms with E-state index in [1.807, 2.05) is 31.2 Å². The summed E-state index contributed by atoms with van der Waals surface area (Å²) in [5.74, 6) is -0.0122. The highest BCUT2D eigenvalue weighted by atomic mass is 16.5. The summed E-state index contributed by atoms with van der Waals surface area (Å²) >= 11 is 0. The minimum absolute atomic E-state index is 0.00592. The van der Waals surface area contributed by atoms with Gasteiger partial charge in [0.15, 0.2) is 5.78 Å². The van der Waals surface area contributed by atoms with E-state index in [0.29, 0.717) is 29.7 Å². The van der Waals surface area contributed by atoms with Crippen LogP contribution in [-0.2, 0) is 14.3 Å². The van der Waals surface area contributed by atoms with Crippen LogP contribution >= 0.6 is 0 Å². The van der Waals surface area contributed by atoms with Crippen LogP contribution in [0.25, 0.3) is 0 Å². The van der Waals surface area contributed by atoms with Gasteiger partial charge >= 0.3 is 5.97 Å². The summed E-state index contributed by atoms with van der Waals surface area (Å²) in [6.45, 7) is 1.87. The van der Waals surface area contributed by atoms with E-state index >= 15 is 0 Å². The second-order valence-electron chi connectivity index (χ2n) is 9.66. The fraction of sp³-hybridized carbons (Fsp3) is 0.379. The lowest BCUT2D eigenvalue weighted by Gasteiger charge is -2.37. The maximum absolute atomic E-state index is 13.7. The van der Waals surface area contributed by atoms with E-state index in [4.69, 9.17) is 9.47 Å². The molecule has 0 aromatic heterocycles. The van der Waals surface area contributed by atoms with E-state index in [-0.39, 0.29) is 29.5 Å². The maximum atomic E-state index is 13.7. The van der Waals surface area contributed by atoms with Gasteiger partial charge < -0.3 is 19.9 Å². The Morgan fingerprint density at radius 2 is 1.74 bits per heavy atom. The molecule has 2 aliphatic carbocycles. The lowest BCUT2D eigenvalue weighted by molar-refractivity contribution is -0.144. The smallest absolute Gasteiger partial charge is 0.337 e. The van der Waals surface area contributed by atoms with Crippen molar-refractivity contribution in [2.24, 2.45) is 0 Å². The highest BCUT2D eigenvalue weighted by molar-refractivity contribution is 6.04. The van der Waals surface area contributed by atoms with Gasteiger partial charge in [0.05, 0.1) is 12.7 Å². The molecule has 3 aliphatic rings. The summed E-state index contributed by atoms with van der Waals surface area (Å²) < 4.78 is 11.5. The molecule has 2 aromatic carbocycles. The summed E-state index contributed by atoms with van der Waals surface area (Å²) in [5.41, 5.74) is 4.43. The third-order valence-corrected chi connectivity index (χ3v) is 7.43. The Morgan fingerprint density at radius 1 is 1.03 bits per heavy atom. The van der Waals surface area contributed by atoms with Crippen molar-refractivity contribution in [3.8, 4) is 11.5 Å². The average molecular weight is 474 g/mol. The minimum atomic E-state index is -0.535. The first kappa shape index (κ1) is 23.2. The van der Waals surface area contributed by atoms with Crippen LogP contribution in [0.4, 0.5) is 0 Å². The number of nitrogens with one attached hydrogen (secondary N) is 1. The van der Waals surface area contributed by atoms with E-state index in [0.717, 1.165) is 48.3 Å². The zero-order chi connectivity index (χ0) is 24.5. The monoisotopic (exact) mass is 473 g/mol. The second kappa shape index (κ2) is 9.61. The topological polar surface area (TPSA) is 84.9 Å². The normalized spacial score (nSPS) is 22.6. The lowest BCUT2D eigenvalue weighted by atomic mass is 9.71. The van der Waals surface area contributed by atoms with Crippen molar-refractivity contribution >= 4 is 11.8 Å². The molecule has 5 rings (SSSR count). The predicted octanol–water partition coefficient (Wildman–Crippen LogP) is 5.25. The molecule has 2 atom stereocenters. The van der Waals surface area contributed by atoms with Gasteiger partial charge in [-0.2, -0.15) is 0 Å². The van der Waals surface area contributed by atoms with Gasteiger partial charge in [-0.15, -0.1) is 0 Å². The molecule has 1 heterocycles. The fourth-order valence-corrected chi connectivity index (χ4v) is 5.75. The van der Waals surface area contributed by atoms with Crippen LogP contribution in [0.3, 0.4) is 0 Å². The molecule has 0 spiro atoms. The Balaban J connectivity index is 1.54. The molecule has 2 N–H and O–H groups in total. The molecule has 6 nitrogen and oxygen atoms in total. The number of phenolic OH excluding ortho intramolecular Hbond substituents is 1. The Labute approximate surface area is 205 Å². The van der Waals surface area contributed by atoms with Crippen molar-refractivity contribution in [3.05, 3.63) is 82.2 Å². The van der Waals surface area contributed by atoms with Crippen LogP contribution in [-0.4, -0.2) is 30.1 Å². The van der Waals surface area contributed by atoms with Gasteiger partial charge in [0.1, 0.15) is 17.6 Å². The van der Waals surface area contributed by atoms with Gasteiger partial charge in [-0.1, -0.05) is 30.3 Å². The summed E-state index contributed by atoms with van der Waals surface area (Å²) in [5, 5.41) is 13.3. The van der Waals surface area contributed by atoms with Crippen molar-refractivity contribution in [2.75, 3.05) is 7.11 Å². The zero-order valence-corrected chi connectivity index (χ0v) is 20.2. The summed E-state index contributed by atoms with van der Waals surface area (Å²) in [4.78, 5) is 27.2. The third kappa shape index (κ3) is 4.45. The number of para-hydroxylation sites is 1. The molecule has 2 aromatic rings. The molecule has 0 radical (unpaired) electrons. The summed E-state index contributed by atoms with van der Waals surface area (Å²) in [6, 6.07) is 14.6. The number of hydrogen-bond acceptors (Lipinski definition) is 6. The predicted molar refractivity (Wildman–Crippen MR) is 132 cm³/mol. The number of benzene rings is 2. The van der Waals surface area contributed by atoms with Crippen LogP contribution in [0.2, 0.25) is 0 Å². The number of hydrogen-bond donors (Lipinski definition) is 2. The fourth-order valence-electron chi connectivity index (χ4n) is 5.75. The first-order chi connectivity index (χ1) is 17.0. The van der Waals surface area contributed by atoms with Gasteiger partial charge in [-0.3, -0.25) is 4.79 Å². The highest BCUT2D eigenvalue weighted by Crippen LogP contribution is 2.47. The number of aromatic hydroxyl groups is 1. The Morgan fingerprint density at radius 3 is 2.46 bits per heavy atom. The molecule has 35 heavy (non-hydrogen) atoms. The molecule has 6 heteroatoms. The van der Waals surface area contributed by atoms with Crippen LogP contribution < -0.4 is 10.1 Å². The maximum Gasteiger partial charge on any atom is 0.337 e. The SMILES string of the molecule is COc1ccccc1C1CC(=O)C2=C(C1)NC(C)=C(C(=O)OC1CCCC1)C2c1ccc(O)cc1. The molecule has 1 aliphatic heterocycles. The number of phenols is 1. The number of rotatable bonds is 5. The van der Waals surface area contributed by atoms with Crippen molar-refractivity contribution < 1.29 is 24.2 Å². The third-order valence-electron chi connectivity index (χ3n) is 7.43. The standard InChI is InChI=1S/C29H31NO5/c1-17-26(29(33)35-21-7-3-4-8-21)27(18-11-13-20(31)14-12-18)28-23(30-17)15-19(16-24(28)32)22-9-5-6-10-25(22)34-2/h5-6,9-14,19,21,27,30-31H,3-4,7-8,15-16H2,1-2H3. The van der Waals surface area contributed by atoms with Crippen LogP contribution in [0.5, 0.6) is 11.5 Å². The average Bonchev–Trinajstić information content (AvgIpc) is 3.36. The Bertz CT molecular complexity index is 1200. The largest absolute Gasteiger partial charge is 0.508 e. The van der Waals surface area contributed by atoms with E-state index in [2.05, 4.69) is 5.32 Å². The van der Waals surface area contributed by atoms with Gasteiger partial charge in [0.25, 0.3) is 0 Å². The quantitative estimate of drug-likeness (QED) is 0.577. The summed E-state index contributed by atoms with van der Waals surface area (Å²) in [7, 11) is 1.64. The van der Waals surface area contributed by atoms with Crippen LogP contribution in [0, 0.1) is 0 Å². The molecular formula is C29H31NO5. The van der Waals surface area contributed by atoms with Gasteiger partial charge in [0.2, 0.25) is 0 Å². The number of methoxy groups -OCH3 is 1. The minimum Gasteiger partial charge on any atom is -0.508 e. The molecule has 2 unspecified atom stereocenters. The lowest BCUT2D eigenvalue weighted by Crippen LogP contribution is -2.36. The molecular weight excluding hydrogens is 442 g/mol. The number of esters is 1. The zero-order valence-electron chi connectivity index (χ0n) is 20.2. The summed E-state index contributed by atoms with van der Waals surface area (Å²) in [6.07, 6.45) is 4.78. The Hall–Kier alpha value is -3.54. The van der Waals surface area contributed by atoms with Crippen molar-refractivity contribution in [1.82, 2.24) is 5.32 Å². The van der Waals surface area contributed by atoms with Crippen LogP contribution in [0.1, 0.15) is 68.4 Å². The number of ketones is 1.